The third-order valence-electron chi connectivity index (χ3n) is 4.39. The Balaban J connectivity index is 1.79. The van der Waals surface area contributed by atoms with Crippen molar-refractivity contribution in [2.24, 2.45) is 5.92 Å². The van der Waals surface area contributed by atoms with E-state index in [1.54, 1.807) is 25.1 Å². The van der Waals surface area contributed by atoms with E-state index in [2.05, 4.69) is 5.32 Å². The van der Waals surface area contributed by atoms with Crippen LogP contribution in [0.25, 0.3) is 0 Å². The van der Waals surface area contributed by atoms with E-state index in [-0.39, 0.29) is 18.1 Å². The van der Waals surface area contributed by atoms with Crippen molar-refractivity contribution in [3.63, 3.8) is 0 Å². The van der Waals surface area contributed by atoms with Crippen molar-refractivity contribution in [3.8, 4) is 5.75 Å². The van der Waals surface area contributed by atoms with Crippen molar-refractivity contribution in [3.05, 3.63) is 28.8 Å². The van der Waals surface area contributed by atoms with E-state index in [1.165, 1.54) is 0 Å². The topological polar surface area (TPSA) is 61.8 Å². The standard InChI is InChI=1S/C17H25ClN2O3/c1-20(11-13-4-3-5-15(13)21)17(22)19-9-8-12-10-14(18)6-7-16(12)23-2/h6-7,10,13,15,21H,3-5,8-9,11H2,1-2H3,(H,19,22). The fourth-order valence-electron chi connectivity index (χ4n) is 3.05. The number of methoxy groups -OCH3 is 1. The molecule has 0 spiro atoms. The Kier molecular flexibility index (Phi) is 6.54. The fraction of sp³-hybridized carbons (Fsp3) is 0.588. The first-order valence-corrected chi connectivity index (χ1v) is 8.38. The van der Waals surface area contributed by atoms with E-state index in [0.717, 1.165) is 30.6 Å². The van der Waals surface area contributed by atoms with Crippen LogP contribution < -0.4 is 10.1 Å². The first kappa shape index (κ1) is 17.9. The summed E-state index contributed by atoms with van der Waals surface area (Å²) in [4.78, 5) is 13.8. The third kappa shape index (κ3) is 5.01. The molecule has 2 amide bonds. The van der Waals surface area contributed by atoms with Gasteiger partial charge in [0, 0.05) is 31.1 Å². The number of rotatable bonds is 6. The number of nitrogens with one attached hydrogen (secondary N) is 1. The molecule has 5 nitrogen and oxygen atoms in total. The molecule has 0 heterocycles. The highest BCUT2D eigenvalue weighted by atomic mass is 35.5. The first-order chi connectivity index (χ1) is 11.0. The molecule has 0 bridgehead atoms. The lowest BCUT2D eigenvalue weighted by atomic mass is 10.1. The second-order valence-corrected chi connectivity index (χ2v) is 6.51. The minimum Gasteiger partial charge on any atom is -0.496 e. The number of hydrogen-bond donors (Lipinski definition) is 2. The quantitative estimate of drug-likeness (QED) is 0.837. The predicted molar refractivity (Wildman–Crippen MR) is 91.1 cm³/mol. The molecule has 1 aliphatic rings. The van der Waals surface area contributed by atoms with E-state index >= 15 is 0 Å². The molecule has 2 atom stereocenters. The monoisotopic (exact) mass is 340 g/mol. The molecule has 1 aliphatic carbocycles. The number of aliphatic hydroxyl groups excluding tert-OH is 1. The van der Waals surface area contributed by atoms with Crippen LogP contribution in [0, 0.1) is 5.92 Å². The Morgan fingerprint density at radius 1 is 1.48 bits per heavy atom. The van der Waals surface area contributed by atoms with E-state index in [9.17, 15) is 9.90 Å². The Morgan fingerprint density at radius 3 is 2.91 bits per heavy atom. The molecule has 2 unspecified atom stereocenters. The van der Waals surface area contributed by atoms with Crippen molar-refractivity contribution in [1.82, 2.24) is 10.2 Å². The van der Waals surface area contributed by atoms with Crippen molar-refractivity contribution < 1.29 is 14.6 Å². The van der Waals surface area contributed by atoms with E-state index in [1.807, 2.05) is 12.1 Å². The number of benzene rings is 1. The minimum atomic E-state index is -0.277. The first-order valence-electron chi connectivity index (χ1n) is 8.00. The molecule has 1 saturated carbocycles. The summed E-state index contributed by atoms with van der Waals surface area (Å²) in [6.45, 7) is 1.10. The highest BCUT2D eigenvalue weighted by Crippen LogP contribution is 2.26. The van der Waals surface area contributed by atoms with Crippen LogP contribution in [-0.4, -0.2) is 49.4 Å². The maximum Gasteiger partial charge on any atom is 0.317 e. The van der Waals surface area contributed by atoms with Gasteiger partial charge in [-0.15, -0.1) is 0 Å². The Labute approximate surface area is 142 Å². The SMILES string of the molecule is COc1ccc(Cl)cc1CCNC(=O)N(C)CC1CCCC1O. The number of halogens is 1. The van der Waals surface area contributed by atoms with Gasteiger partial charge in [-0.25, -0.2) is 4.79 Å². The van der Waals surface area contributed by atoms with Gasteiger partial charge in [-0.3, -0.25) is 0 Å². The summed E-state index contributed by atoms with van der Waals surface area (Å²) in [5.74, 6) is 0.963. The van der Waals surface area contributed by atoms with Crippen molar-refractivity contribution in [2.75, 3.05) is 27.2 Å². The second-order valence-electron chi connectivity index (χ2n) is 6.08. The normalized spacial score (nSPS) is 20.3. The van der Waals surface area contributed by atoms with E-state index in [4.69, 9.17) is 16.3 Å². The number of hydrogen-bond acceptors (Lipinski definition) is 3. The molecule has 2 rings (SSSR count). The molecular formula is C17H25ClN2O3. The average Bonchev–Trinajstić information content (AvgIpc) is 2.92. The maximum atomic E-state index is 12.1. The van der Waals surface area contributed by atoms with Crippen LogP contribution in [0.1, 0.15) is 24.8 Å². The molecule has 0 saturated heterocycles. The van der Waals surface area contributed by atoms with Crippen molar-refractivity contribution >= 4 is 17.6 Å². The minimum absolute atomic E-state index is 0.120. The van der Waals surface area contributed by atoms with Gasteiger partial charge in [0.15, 0.2) is 0 Å². The number of nitrogens with zero attached hydrogens (tertiary/aromatic N) is 1. The number of amides is 2. The largest absolute Gasteiger partial charge is 0.496 e. The van der Waals surface area contributed by atoms with Gasteiger partial charge in [0.2, 0.25) is 0 Å². The Morgan fingerprint density at radius 2 is 2.26 bits per heavy atom. The predicted octanol–water partition coefficient (Wildman–Crippen LogP) is 2.69. The molecule has 0 radical (unpaired) electrons. The maximum absolute atomic E-state index is 12.1. The smallest absolute Gasteiger partial charge is 0.317 e. The van der Waals surface area contributed by atoms with Gasteiger partial charge < -0.3 is 20.1 Å². The molecule has 0 aliphatic heterocycles. The lowest BCUT2D eigenvalue weighted by molar-refractivity contribution is 0.114. The second kappa shape index (κ2) is 8.41. The van der Waals surface area contributed by atoms with Crippen LogP contribution in [0.2, 0.25) is 5.02 Å². The zero-order valence-electron chi connectivity index (χ0n) is 13.7. The molecule has 6 heteroatoms. The van der Waals surface area contributed by atoms with Gasteiger partial charge in [0.05, 0.1) is 13.2 Å². The zero-order chi connectivity index (χ0) is 16.8. The zero-order valence-corrected chi connectivity index (χ0v) is 14.5. The highest BCUT2D eigenvalue weighted by Gasteiger charge is 2.27. The van der Waals surface area contributed by atoms with Gasteiger partial charge in [-0.05, 0) is 43.0 Å². The lowest BCUT2D eigenvalue weighted by Crippen LogP contribution is -2.41. The van der Waals surface area contributed by atoms with Crippen LogP contribution >= 0.6 is 11.6 Å². The number of ether oxygens (including phenoxy) is 1. The summed E-state index contributed by atoms with van der Waals surface area (Å²) in [5, 5.41) is 13.4. The van der Waals surface area contributed by atoms with Crippen molar-refractivity contribution in [1.29, 1.82) is 0 Å². The van der Waals surface area contributed by atoms with Crippen LogP contribution in [0.15, 0.2) is 18.2 Å². The van der Waals surface area contributed by atoms with Crippen LogP contribution in [0.5, 0.6) is 5.75 Å². The van der Waals surface area contributed by atoms with Gasteiger partial charge >= 0.3 is 6.03 Å². The van der Waals surface area contributed by atoms with Crippen LogP contribution in [0.4, 0.5) is 4.79 Å². The number of carbonyl (C=O) groups is 1. The molecule has 1 aromatic rings. The molecule has 23 heavy (non-hydrogen) atoms. The fourth-order valence-corrected chi connectivity index (χ4v) is 3.24. The Hall–Kier alpha value is -1.46. The van der Waals surface area contributed by atoms with Gasteiger partial charge in [0.1, 0.15) is 5.75 Å². The van der Waals surface area contributed by atoms with Crippen molar-refractivity contribution in [2.45, 2.75) is 31.8 Å². The summed E-state index contributed by atoms with van der Waals surface area (Å²) >= 11 is 6.00. The summed E-state index contributed by atoms with van der Waals surface area (Å²) in [6, 6.07) is 5.34. The highest BCUT2D eigenvalue weighted by molar-refractivity contribution is 6.30. The molecule has 1 fully saturated rings. The molecule has 128 valence electrons. The molecule has 1 aromatic carbocycles. The third-order valence-corrected chi connectivity index (χ3v) is 4.62. The average molecular weight is 341 g/mol. The molecule has 0 aromatic heterocycles. The van der Waals surface area contributed by atoms with Crippen LogP contribution in [-0.2, 0) is 6.42 Å². The number of carbonyl (C=O) groups excluding carboxylic acids is 1. The summed E-state index contributed by atoms with van der Waals surface area (Å²) in [6.07, 6.45) is 3.24. The van der Waals surface area contributed by atoms with Gasteiger partial charge in [0.25, 0.3) is 0 Å². The van der Waals surface area contributed by atoms with Crippen LogP contribution in [0.3, 0.4) is 0 Å². The van der Waals surface area contributed by atoms with E-state index < -0.39 is 0 Å². The number of aliphatic hydroxyl groups is 1. The summed E-state index contributed by atoms with van der Waals surface area (Å²) < 4.78 is 5.30. The molecular weight excluding hydrogens is 316 g/mol. The summed E-state index contributed by atoms with van der Waals surface area (Å²) in [7, 11) is 3.38. The van der Waals surface area contributed by atoms with Gasteiger partial charge in [-0.2, -0.15) is 0 Å². The summed E-state index contributed by atoms with van der Waals surface area (Å²) in [5.41, 5.74) is 0.967. The molecule has 2 N–H and O–H groups in total. The Bertz CT molecular complexity index is 539. The lowest BCUT2D eigenvalue weighted by Gasteiger charge is -2.23. The van der Waals surface area contributed by atoms with Gasteiger partial charge in [-0.1, -0.05) is 18.0 Å². The number of urea groups is 1. The van der Waals surface area contributed by atoms with E-state index in [0.29, 0.717) is 24.5 Å².